The molecule has 0 aromatic carbocycles. The molecule has 0 saturated heterocycles. The Bertz CT molecular complexity index is 121. The number of rotatable bonds is 3. The molecule has 0 aliphatic carbocycles. The third-order valence-electron chi connectivity index (χ3n) is 0.893. The van der Waals surface area contributed by atoms with E-state index in [1.165, 1.54) is 0 Å². The van der Waals surface area contributed by atoms with Crippen LogP contribution in [0, 0.1) is 11.3 Å². The first kappa shape index (κ1) is 8.03. The highest BCUT2D eigenvalue weighted by Crippen LogP contribution is 1.79. The first-order valence-corrected chi connectivity index (χ1v) is 3.12. The van der Waals surface area contributed by atoms with Gasteiger partial charge in [-0.1, -0.05) is 13.0 Å². The van der Waals surface area contributed by atoms with Crippen LogP contribution < -0.4 is 5.32 Å². The van der Waals surface area contributed by atoms with Crippen molar-refractivity contribution in [1.29, 1.82) is 5.26 Å². The molecule has 1 N–H and O–H groups in total. The zero-order valence-corrected chi connectivity index (χ0v) is 5.89. The molecule has 0 radical (unpaired) electrons. The molecule has 0 aromatic heterocycles. The molecule has 0 aromatic rings. The van der Waals surface area contributed by atoms with Gasteiger partial charge in [-0.25, -0.2) is 0 Å². The van der Waals surface area contributed by atoms with Gasteiger partial charge in [-0.2, -0.15) is 5.26 Å². The summed E-state index contributed by atoms with van der Waals surface area (Å²) >= 11 is 0. The van der Waals surface area contributed by atoms with Crippen molar-refractivity contribution in [3.05, 3.63) is 12.3 Å². The smallest absolute Gasteiger partial charge is 0.111 e. The van der Waals surface area contributed by atoms with Gasteiger partial charge in [-0.3, -0.25) is 0 Å². The van der Waals surface area contributed by atoms with Gasteiger partial charge in [0.05, 0.1) is 6.07 Å². The molecule has 9 heavy (non-hydrogen) atoms. The minimum Gasteiger partial charge on any atom is -0.376 e. The molecule has 0 heterocycles. The topological polar surface area (TPSA) is 35.8 Å². The fourth-order valence-corrected chi connectivity index (χ4v) is 0.367. The Labute approximate surface area is 56.2 Å². The van der Waals surface area contributed by atoms with Crippen molar-refractivity contribution in [3.8, 4) is 6.07 Å². The van der Waals surface area contributed by atoms with E-state index in [9.17, 15) is 0 Å². The molecule has 2 heteroatoms. The number of hydrogen-bond acceptors (Lipinski definition) is 2. The van der Waals surface area contributed by atoms with Gasteiger partial charge in [-0.15, -0.1) is 0 Å². The van der Waals surface area contributed by atoms with Gasteiger partial charge in [0, 0.05) is 0 Å². The monoisotopic (exact) mass is 124 g/mol. The second-order valence-corrected chi connectivity index (χ2v) is 1.83. The van der Waals surface area contributed by atoms with E-state index in [1.807, 2.05) is 19.2 Å². The quantitative estimate of drug-likeness (QED) is 0.617. The summed E-state index contributed by atoms with van der Waals surface area (Å²) in [4.78, 5) is 0. The molecule has 0 bridgehead atoms. The minimum absolute atomic E-state index is 0.0761. The van der Waals surface area contributed by atoms with Crippen LogP contribution in [0.5, 0.6) is 0 Å². The van der Waals surface area contributed by atoms with E-state index >= 15 is 0 Å². The molecule has 0 fully saturated rings. The van der Waals surface area contributed by atoms with Crippen LogP contribution in [0.3, 0.4) is 0 Å². The largest absolute Gasteiger partial charge is 0.376 e. The predicted molar refractivity (Wildman–Crippen MR) is 37.6 cm³/mol. The summed E-state index contributed by atoms with van der Waals surface area (Å²) in [6.07, 6.45) is 4.80. The van der Waals surface area contributed by atoms with E-state index in [2.05, 4.69) is 18.3 Å². The molecule has 0 aliphatic rings. The average Bonchev–Trinajstić information content (AvgIpc) is 1.89. The molecule has 50 valence electrons. The van der Waals surface area contributed by atoms with Crippen molar-refractivity contribution in [3.63, 3.8) is 0 Å². The lowest BCUT2D eigenvalue weighted by Gasteiger charge is -1.98. The maximum absolute atomic E-state index is 8.29. The third kappa shape index (κ3) is 4.89. The highest BCUT2D eigenvalue weighted by molar-refractivity contribution is 4.91. The summed E-state index contributed by atoms with van der Waals surface area (Å²) in [5, 5.41) is 11.2. The zero-order chi connectivity index (χ0) is 7.11. The lowest BCUT2D eigenvalue weighted by atomic mass is 10.4. The predicted octanol–water partition coefficient (Wildman–Crippen LogP) is 1.41. The zero-order valence-electron chi connectivity index (χ0n) is 5.89. The maximum Gasteiger partial charge on any atom is 0.111 e. The third-order valence-corrected chi connectivity index (χ3v) is 0.893. The van der Waals surface area contributed by atoms with Crippen LogP contribution in [0.15, 0.2) is 12.3 Å². The molecule has 0 spiro atoms. The van der Waals surface area contributed by atoms with E-state index in [0.29, 0.717) is 0 Å². The van der Waals surface area contributed by atoms with Gasteiger partial charge >= 0.3 is 0 Å². The second-order valence-electron chi connectivity index (χ2n) is 1.83. The summed E-state index contributed by atoms with van der Waals surface area (Å²) in [5.41, 5.74) is 0. The van der Waals surface area contributed by atoms with Gasteiger partial charge < -0.3 is 5.32 Å². The van der Waals surface area contributed by atoms with Crippen molar-refractivity contribution in [2.24, 2.45) is 0 Å². The van der Waals surface area contributed by atoms with Crippen LogP contribution in [0.2, 0.25) is 0 Å². The van der Waals surface area contributed by atoms with Crippen LogP contribution in [0.25, 0.3) is 0 Å². The van der Waals surface area contributed by atoms with Gasteiger partial charge in [0.25, 0.3) is 0 Å². The second kappa shape index (κ2) is 5.17. The van der Waals surface area contributed by atoms with Crippen molar-refractivity contribution in [2.45, 2.75) is 26.3 Å². The highest BCUT2D eigenvalue weighted by Gasteiger charge is 1.88. The fourth-order valence-electron chi connectivity index (χ4n) is 0.367. The van der Waals surface area contributed by atoms with Gasteiger partial charge in [-0.05, 0) is 19.5 Å². The molecule has 0 amide bonds. The molecule has 1 unspecified atom stereocenters. The number of hydrogen-bond donors (Lipinski definition) is 1. The Hall–Kier alpha value is -0.970. The van der Waals surface area contributed by atoms with Crippen molar-refractivity contribution < 1.29 is 0 Å². The number of nitriles is 1. The number of nitrogens with one attached hydrogen (secondary N) is 1. The first-order chi connectivity index (χ1) is 4.31. The number of nitrogens with zero attached hydrogens (tertiary/aromatic N) is 1. The molecular weight excluding hydrogens is 112 g/mol. The van der Waals surface area contributed by atoms with Crippen molar-refractivity contribution >= 4 is 0 Å². The SMILES string of the molecule is CCC=CNC(C)C#N. The molecule has 0 aliphatic heterocycles. The fraction of sp³-hybridized carbons (Fsp3) is 0.571. The summed E-state index contributed by atoms with van der Waals surface area (Å²) in [5.74, 6) is 0. The van der Waals surface area contributed by atoms with Crippen molar-refractivity contribution in [2.75, 3.05) is 0 Å². The van der Waals surface area contributed by atoms with Gasteiger partial charge in [0.1, 0.15) is 6.04 Å². The first-order valence-electron chi connectivity index (χ1n) is 3.12. The summed E-state index contributed by atoms with van der Waals surface area (Å²) < 4.78 is 0. The molecule has 0 rings (SSSR count). The summed E-state index contributed by atoms with van der Waals surface area (Å²) in [7, 11) is 0. The Morgan fingerprint density at radius 2 is 2.44 bits per heavy atom. The van der Waals surface area contributed by atoms with E-state index in [0.717, 1.165) is 6.42 Å². The summed E-state index contributed by atoms with van der Waals surface area (Å²) in [6.45, 7) is 3.87. The van der Waals surface area contributed by atoms with Gasteiger partial charge in [0.2, 0.25) is 0 Å². The highest BCUT2D eigenvalue weighted by atomic mass is 14.9. The van der Waals surface area contributed by atoms with Crippen molar-refractivity contribution in [1.82, 2.24) is 5.32 Å². The molecular formula is C7H12N2. The standard InChI is InChI=1S/C7H12N2/c1-3-4-5-9-7(2)6-8/h4-5,7,9H,3H2,1-2H3. The molecule has 1 atom stereocenters. The Kier molecular flexibility index (Phi) is 4.61. The molecule has 0 saturated carbocycles. The van der Waals surface area contributed by atoms with Crippen LogP contribution in [0.1, 0.15) is 20.3 Å². The van der Waals surface area contributed by atoms with E-state index < -0.39 is 0 Å². The lowest BCUT2D eigenvalue weighted by molar-refractivity contribution is 0.779. The van der Waals surface area contributed by atoms with E-state index in [1.54, 1.807) is 0 Å². The molecule has 2 nitrogen and oxygen atoms in total. The Morgan fingerprint density at radius 1 is 1.78 bits per heavy atom. The lowest BCUT2D eigenvalue weighted by Crippen LogP contribution is -2.17. The van der Waals surface area contributed by atoms with Gasteiger partial charge in [0.15, 0.2) is 0 Å². The van der Waals surface area contributed by atoms with E-state index in [4.69, 9.17) is 5.26 Å². The summed E-state index contributed by atoms with van der Waals surface area (Å²) in [6, 6.07) is 1.99. The minimum atomic E-state index is -0.0761. The normalized spacial score (nSPS) is 13.0. The Balaban J connectivity index is 3.29. The average molecular weight is 124 g/mol. The maximum atomic E-state index is 8.29. The van der Waals surface area contributed by atoms with Crippen LogP contribution in [0.4, 0.5) is 0 Å². The Morgan fingerprint density at radius 3 is 2.89 bits per heavy atom. The van der Waals surface area contributed by atoms with E-state index in [-0.39, 0.29) is 6.04 Å². The number of allylic oxidation sites excluding steroid dienone is 1. The van der Waals surface area contributed by atoms with Crippen LogP contribution in [-0.2, 0) is 0 Å². The van der Waals surface area contributed by atoms with Crippen LogP contribution >= 0.6 is 0 Å². The van der Waals surface area contributed by atoms with Crippen LogP contribution in [-0.4, -0.2) is 6.04 Å².